The molecule has 1 nitrogen and oxygen atoms in total. The number of hydrogen-bond acceptors (Lipinski definition) is 1. The molecule has 0 bridgehead atoms. The standard InChI is InChI=1S/C18H20O/c1-13(2)14-7-9-16(10-8-14)18-12-11-15-5-3-4-6-17(15)19-18/h3-10,13,18H,11-12H2,1-2H3. The molecular formula is C18H20O. The average Bonchev–Trinajstić information content (AvgIpc) is 2.47. The number of benzene rings is 2. The topological polar surface area (TPSA) is 9.23 Å². The summed E-state index contributed by atoms with van der Waals surface area (Å²) in [5.41, 5.74) is 4.01. The Labute approximate surface area is 115 Å². The van der Waals surface area contributed by atoms with E-state index in [1.54, 1.807) is 0 Å². The van der Waals surface area contributed by atoms with Gasteiger partial charge in [-0.15, -0.1) is 0 Å². The van der Waals surface area contributed by atoms with E-state index in [2.05, 4.69) is 56.3 Å². The molecule has 1 aliphatic rings. The van der Waals surface area contributed by atoms with Gasteiger partial charge in [0.05, 0.1) is 0 Å². The van der Waals surface area contributed by atoms with Gasteiger partial charge >= 0.3 is 0 Å². The summed E-state index contributed by atoms with van der Waals surface area (Å²) >= 11 is 0. The lowest BCUT2D eigenvalue weighted by Crippen LogP contribution is -2.15. The highest BCUT2D eigenvalue weighted by Crippen LogP contribution is 2.34. The third kappa shape index (κ3) is 2.51. The largest absolute Gasteiger partial charge is 0.485 e. The first-order chi connectivity index (χ1) is 9.24. The highest BCUT2D eigenvalue weighted by molar-refractivity contribution is 5.37. The van der Waals surface area contributed by atoms with Crippen LogP contribution >= 0.6 is 0 Å². The van der Waals surface area contributed by atoms with Gasteiger partial charge in [-0.2, -0.15) is 0 Å². The summed E-state index contributed by atoms with van der Waals surface area (Å²) in [5, 5.41) is 0. The molecule has 98 valence electrons. The van der Waals surface area contributed by atoms with Crippen LogP contribution in [0.5, 0.6) is 5.75 Å². The van der Waals surface area contributed by atoms with Crippen molar-refractivity contribution >= 4 is 0 Å². The first kappa shape index (κ1) is 12.3. The van der Waals surface area contributed by atoms with E-state index in [0.29, 0.717) is 5.92 Å². The number of rotatable bonds is 2. The highest BCUT2D eigenvalue weighted by Gasteiger charge is 2.20. The summed E-state index contributed by atoms with van der Waals surface area (Å²) in [4.78, 5) is 0. The average molecular weight is 252 g/mol. The van der Waals surface area contributed by atoms with Crippen molar-refractivity contribution in [2.45, 2.75) is 38.7 Å². The molecule has 0 amide bonds. The number of fused-ring (bicyclic) bond motifs is 1. The highest BCUT2D eigenvalue weighted by atomic mass is 16.5. The summed E-state index contributed by atoms with van der Waals surface area (Å²) < 4.78 is 6.12. The Kier molecular flexibility index (Phi) is 3.29. The molecule has 1 atom stereocenters. The zero-order valence-electron chi connectivity index (χ0n) is 11.6. The summed E-state index contributed by atoms with van der Waals surface area (Å²) in [7, 11) is 0. The van der Waals surface area contributed by atoms with E-state index in [-0.39, 0.29) is 6.10 Å². The molecule has 1 unspecified atom stereocenters. The first-order valence-electron chi connectivity index (χ1n) is 7.08. The van der Waals surface area contributed by atoms with Gasteiger partial charge in [-0.25, -0.2) is 0 Å². The Morgan fingerprint density at radius 1 is 1.00 bits per heavy atom. The fourth-order valence-electron chi connectivity index (χ4n) is 2.65. The zero-order valence-corrected chi connectivity index (χ0v) is 11.6. The Balaban J connectivity index is 1.81. The van der Waals surface area contributed by atoms with E-state index in [9.17, 15) is 0 Å². The van der Waals surface area contributed by atoms with Crippen LogP contribution in [0.15, 0.2) is 48.5 Å². The van der Waals surface area contributed by atoms with Gasteiger partial charge in [0.15, 0.2) is 0 Å². The SMILES string of the molecule is CC(C)c1ccc(C2CCc3ccccc3O2)cc1. The fraction of sp³-hybridized carbons (Fsp3) is 0.333. The molecule has 0 N–H and O–H groups in total. The molecule has 0 spiro atoms. The van der Waals surface area contributed by atoms with E-state index in [0.717, 1.165) is 18.6 Å². The minimum absolute atomic E-state index is 0.205. The van der Waals surface area contributed by atoms with Gasteiger partial charge in [0, 0.05) is 0 Å². The van der Waals surface area contributed by atoms with E-state index < -0.39 is 0 Å². The third-order valence-electron chi connectivity index (χ3n) is 3.89. The van der Waals surface area contributed by atoms with Crippen molar-refractivity contribution in [1.82, 2.24) is 0 Å². The molecule has 0 aliphatic carbocycles. The molecule has 1 aliphatic heterocycles. The van der Waals surface area contributed by atoms with E-state index in [1.165, 1.54) is 16.7 Å². The van der Waals surface area contributed by atoms with Crippen LogP contribution in [-0.2, 0) is 6.42 Å². The van der Waals surface area contributed by atoms with Crippen molar-refractivity contribution in [2.75, 3.05) is 0 Å². The van der Waals surface area contributed by atoms with E-state index in [1.807, 2.05) is 6.07 Å². The second kappa shape index (κ2) is 5.08. The van der Waals surface area contributed by atoms with Gasteiger partial charge in [-0.05, 0) is 41.5 Å². The van der Waals surface area contributed by atoms with Gasteiger partial charge < -0.3 is 4.74 Å². The van der Waals surface area contributed by atoms with Crippen LogP contribution in [0.3, 0.4) is 0 Å². The molecular weight excluding hydrogens is 232 g/mol. The molecule has 0 saturated heterocycles. The zero-order chi connectivity index (χ0) is 13.2. The summed E-state index contributed by atoms with van der Waals surface area (Å²) in [6.07, 6.45) is 2.38. The van der Waals surface area contributed by atoms with Gasteiger partial charge in [-0.3, -0.25) is 0 Å². The predicted molar refractivity (Wildman–Crippen MR) is 78.7 cm³/mol. The van der Waals surface area contributed by atoms with Crippen molar-refractivity contribution < 1.29 is 4.74 Å². The Morgan fingerprint density at radius 2 is 1.74 bits per heavy atom. The lowest BCUT2D eigenvalue weighted by atomic mass is 9.95. The summed E-state index contributed by atoms with van der Waals surface area (Å²) in [5.74, 6) is 1.63. The summed E-state index contributed by atoms with van der Waals surface area (Å²) in [6, 6.07) is 17.2. The summed E-state index contributed by atoms with van der Waals surface area (Å²) in [6.45, 7) is 4.45. The van der Waals surface area contributed by atoms with Crippen LogP contribution in [-0.4, -0.2) is 0 Å². The van der Waals surface area contributed by atoms with E-state index in [4.69, 9.17) is 4.74 Å². The molecule has 19 heavy (non-hydrogen) atoms. The lowest BCUT2D eigenvalue weighted by molar-refractivity contribution is 0.176. The smallest absolute Gasteiger partial charge is 0.124 e. The minimum atomic E-state index is 0.205. The van der Waals surface area contributed by atoms with Gasteiger partial charge in [-0.1, -0.05) is 56.3 Å². The molecule has 0 radical (unpaired) electrons. The Morgan fingerprint density at radius 3 is 2.47 bits per heavy atom. The lowest BCUT2D eigenvalue weighted by Gasteiger charge is -2.26. The Bertz CT molecular complexity index is 554. The fourth-order valence-corrected chi connectivity index (χ4v) is 2.65. The van der Waals surface area contributed by atoms with Crippen molar-refractivity contribution in [2.24, 2.45) is 0 Å². The number of hydrogen-bond donors (Lipinski definition) is 0. The van der Waals surface area contributed by atoms with Crippen molar-refractivity contribution in [3.05, 3.63) is 65.2 Å². The number of aryl methyl sites for hydroxylation is 1. The van der Waals surface area contributed by atoms with Crippen molar-refractivity contribution in [3.63, 3.8) is 0 Å². The normalized spacial score (nSPS) is 17.9. The maximum atomic E-state index is 6.12. The quantitative estimate of drug-likeness (QED) is 0.740. The minimum Gasteiger partial charge on any atom is -0.485 e. The van der Waals surface area contributed by atoms with Crippen LogP contribution < -0.4 is 4.74 Å². The maximum Gasteiger partial charge on any atom is 0.124 e. The number of ether oxygens (including phenoxy) is 1. The molecule has 1 heterocycles. The second-order valence-electron chi connectivity index (χ2n) is 5.57. The van der Waals surface area contributed by atoms with Gasteiger partial charge in [0.2, 0.25) is 0 Å². The number of para-hydroxylation sites is 1. The van der Waals surface area contributed by atoms with Crippen molar-refractivity contribution in [1.29, 1.82) is 0 Å². The second-order valence-corrected chi connectivity index (χ2v) is 5.57. The predicted octanol–water partition coefficient (Wildman–Crippen LogP) is 4.88. The van der Waals surface area contributed by atoms with E-state index >= 15 is 0 Å². The molecule has 2 aromatic carbocycles. The first-order valence-corrected chi connectivity index (χ1v) is 7.08. The molecule has 0 saturated carbocycles. The van der Waals surface area contributed by atoms with Gasteiger partial charge in [0.25, 0.3) is 0 Å². The monoisotopic (exact) mass is 252 g/mol. The maximum absolute atomic E-state index is 6.12. The molecule has 3 rings (SSSR count). The van der Waals surface area contributed by atoms with Crippen LogP contribution in [0.1, 0.15) is 49.0 Å². The van der Waals surface area contributed by atoms with Gasteiger partial charge in [0.1, 0.15) is 11.9 Å². The molecule has 0 aromatic heterocycles. The Hall–Kier alpha value is -1.76. The van der Waals surface area contributed by atoms with Crippen LogP contribution in [0, 0.1) is 0 Å². The van der Waals surface area contributed by atoms with Crippen LogP contribution in [0.25, 0.3) is 0 Å². The van der Waals surface area contributed by atoms with Crippen LogP contribution in [0.4, 0.5) is 0 Å². The third-order valence-corrected chi connectivity index (χ3v) is 3.89. The molecule has 1 heteroatoms. The van der Waals surface area contributed by atoms with Crippen molar-refractivity contribution in [3.8, 4) is 5.75 Å². The molecule has 0 fully saturated rings. The molecule has 2 aromatic rings. The van der Waals surface area contributed by atoms with Crippen LogP contribution in [0.2, 0.25) is 0 Å².